The van der Waals surface area contributed by atoms with Gasteiger partial charge in [0.2, 0.25) is 0 Å². The van der Waals surface area contributed by atoms with Crippen molar-refractivity contribution in [2.45, 2.75) is 49.8 Å². The van der Waals surface area contributed by atoms with Gasteiger partial charge in [-0.15, -0.1) is 0 Å². The second-order valence-corrected chi connectivity index (χ2v) is 6.07. The highest BCUT2D eigenvalue weighted by Crippen LogP contribution is 2.64. The molecule has 1 nitrogen and oxygen atoms in total. The van der Waals surface area contributed by atoms with Crippen molar-refractivity contribution in [3.05, 3.63) is 0 Å². The predicted molar refractivity (Wildman–Crippen MR) is 50.7 cm³/mol. The molecule has 4 bridgehead atoms. The molecule has 1 saturated heterocycles. The second kappa shape index (κ2) is 2.18. The van der Waals surface area contributed by atoms with Gasteiger partial charge in [0.25, 0.3) is 0 Å². The Labute approximate surface area is 84.0 Å². The summed E-state index contributed by atoms with van der Waals surface area (Å²) in [7, 11) is 0. The molecule has 0 aromatic carbocycles. The minimum atomic E-state index is -0.808. The third kappa shape index (κ3) is 0.843. The van der Waals surface area contributed by atoms with E-state index in [0.717, 1.165) is 38.2 Å². The van der Waals surface area contributed by atoms with Crippen LogP contribution in [0, 0.1) is 17.8 Å². The number of alkyl halides is 1. The van der Waals surface area contributed by atoms with Crippen LogP contribution >= 0.6 is 0 Å². The first kappa shape index (κ1) is 8.09. The van der Waals surface area contributed by atoms with E-state index in [4.69, 9.17) is 4.74 Å². The molecule has 0 radical (unpaired) electrons. The van der Waals surface area contributed by atoms with Crippen molar-refractivity contribution in [2.24, 2.45) is 17.8 Å². The molecule has 5 aliphatic rings. The van der Waals surface area contributed by atoms with Gasteiger partial charge >= 0.3 is 0 Å². The van der Waals surface area contributed by atoms with Crippen LogP contribution in [0.15, 0.2) is 0 Å². The zero-order valence-electron chi connectivity index (χ0n) is 8.47. The molecule has 0 N–H and O–H groups in total. The molecular weight excluding hydrogens is 179 g/mol. The SMILES string of the molecule is FC12CCC3CC(C1)C1(CO1)C(C3)C2. The summed E-state index contributed by atoms with van der Waals surface area (Å²) in [6, 6.07) is 0. The lowest BCUT2D eigenvalue weighted by Crippen LogP contribution is -2.48. The highest BCUT2D eigenvalue weighted by atomic mass is 19.1. The van der Waals surface area contributed by atoms with Crippen molar-refractivity contribution in [1.82, 2.24) is 0 Å². The molecule has 1 heterocycles. The maximum absolute atomic E-state index is 14.5. The fourth-order valence-electron chi connectivity index (χ4n) is 4.57. The van der Waals surface area contributed by atoms with E-state index >= 15 is 0 Å². The molecule has 2 unspecified atom stereocenters. The molecule has 2 heteroatoms. The number of hydrogen-bond acceptors (Lipinski definition) is 1. The van der Waals surface area contributed by atoms with Crippen molar-refractivity contribution in [2.75, 3.05) is 6.61 Å². The van der Waals surface area contributed by atoms with Gasteiger partial charge in [0.1, 0.15) is 5.67 Å². The van der Waals surface area contributed by atoms with E-state index in [0.29, 0.717) is 11.8 Å². The lowest BCUT2D eigenvalue weighted by atomic mass is 9.60. The van der Waals surface area contributed by atoms with Gasteiger partial charge in [-0.1, -0.05) is 0 Å². The van der Waals surface area contributed by atoms with E-state index in [1.54, 1.807) is 0 Å². The first-order valence-electron chi connectivity index (χ1n) is 6.03. The first-order valence-corrected chi connectivity index (χ1v) is 6.03. The number of epoxide rings is 1. The molecule has 4 aliphatic carbocycles. The number of halogens is 1. The van der Waals surface area contributed by atoms with Crippen molar-refractivity contribution >= 4 is 0 Å². The van der Waals surface area contributed by atoms with Crippen molar-refractivity contribution in [3.63, 3.8) is 0 Å². The molecule has 78 valence electrons. The Morgan fingerprint density at radius 2 is 1.79 bits per heavy atom. The summed E-state index contributed by atoms with van der Waals surface area (Å²) in [5, 5.41) is 0. The Morgan fingerprint density at radius 1 is 1.14 bits per heavy atom. The summed E-state index contributed by atoms with van der Waals surface area (Å²) in [4.78, 5) is 0. The lowest BCUT2D eigenvalue weighted by molar-refractivity contribution is -0.0370. The molecule has 5 fully saturated rings. The maximum Gasteiger partial charge on any atom is 0.111 e. The summed E-state index contributed by atoms with van der Waals surface area (Å²) in [5.74, 6) is 1.94. The summed E-state index contributed by atoms with van der Waals surface area (Å²) >= 11 is 0. The highest BCUT2D eigenvalue weighted by molar-refractivity contribution is 5.15. The Balaban J connectivity index is 1.78. The zero-order chi connectivity index (χ0) is 9.39. The summed E-state index contributed by atoms with van der Waals surface area (Å²) in [5.41, 5.74) is -0.631. The molecule has 2 atom stereocenters. The van der Waals surface area contributed by atoms with Crippen LogP contribution in [0.5, 0.6) is 0 Å². The maximum atomic E-state index is 14.5. The summed E-state index contributed by atoms with van der Waals surface area (Å²) in [6.45, 7) is 0.936. The number of fused-ring (bicyclic) bond motifs is 1. The van der Waals surface area contributed by atoms with Crippen LogP contribution < -0.4 is 0 Å². The van der Waals surface area contributed by atoms with Gasteiger partial charge in [-0.05, 0) is 56.3 Å². The van der Waals surface area contributed by atoms with Gasteiger partial charge in [-0.3, -0.25) is 0 Å². The lowest BCUT2D eigenvalue weighted by Gasteiger charge is -2.46. The predicted octanol–water partition coefficient (Wildman–Crippen LogP) is 2.69. The van der Waals surface area contributed by atoms with Gasteiger partial charge in [0.05, 0.1) is 12.2 Å². The minimum absolute atomic E-state index is 0.177. The Hall–Kier alpha value is -0.110. The Kier molecular flexibility index (Phi) is 1.26. The van der Waals surface area contributed by atoms with Gasteiger partial charge < -0.3 is 4.74 Å². The van der Waals surface area contributed by atoms with E-state index in [1.807, 2.05) is 0 Å². The number of hydrogen-bond donors (Lipinski definition) is 0. The standard InChI is InChI=1S/C12H17FO/c13-11-2-1-8-3-9(5-11)12(7-14-12)10(4-8)6-11/h8-10H,1-7H2. The monoisotopic (exact) mass is 196 g/mol. The Bertz CT molecular complexity index is 266. The van der Waals surface area contributed by atoms with Crippen molar-refractivity contribution < 1.29 is 9.13 Å². The average Bonchev–Trinajstić information content (AvgIpc) is 2.85. The van der Waals surface area contributed by atoms with Crippen LogP contribution in [0.2, 0.25) is 0 Å². The van der Waals surface area contributed by atoms with Crippen LogP contribution in [-0.4, -0.2) is 17.9 Å². The van der Waals surface area contributed by atoms with Crippen LogP contribution in [0.4, 0.5) is 4.39 Å². The molecule has 4 saturated carbocycles. The van der Waals surface area contributed by atoms with E-state index in [2.05, 4.69) is 0 Å². The number of ether oxygens (including phenoxy) is 1. The normalized spacial score (nSPS) is 64.5. The molecule has 1 spiro atoms. The fourth-order valence-corrected chi connectivity index (χ4v) is 4.57. The summed E-state index contributed by atoms with van der Waals surface area (Å²) < 4.78 is 20.2. The van der Waals surface area contributed by atoms with Crippen LogP contribution in [0.3, 0.4) is 0 Å². The molecule has 5 rings (SSSR count). The molecule has 0 amide bonds. The molecule has 1 aliphatic heterocycles. The van der Waals surface area contributed by atoms with Gasteiger partial charge in [0.15, 0.2) is 0 Å². The molecular formula is C12H17FO. The smallest absolute Gasteiger partial charge is 0.111 e. The molecule has 14 heavy (non-hydrogen) atoms. The van der Waals surface area contributed by atoms with Crippen molar-refractivity contribution in [1.29, 1.82) is 0 Å². The largest absolute Gasteiger partial charge is 0.369 e. The number of rotatable bonds is 0. The van der Waals surface area contributed by atoms with Crippen LogP contribution in [-0.2, 0) is 4.74 Å². The van der Waals surface area contributed by atoms with Crippen LogP contribution in [0.25, 0.3) is 0 Å². The Morgan fingerprint density at radius 3 is 2.36 bits per heavy atom. The van der Waals surface area contributed by atoms with E-state index < -0.39 is 5.67 Å². The minimum Gasteiger partial charge on any atom is -0.369 e. The third-order valence-corrected chi connectivity index (χ3v) is 5.32. The van der Waals surface area contributed by atoms with E-state index in [-0.39, 0.29) is 5.60 Å². The van der Waals surface area contributed by atoms with Gasteiger partial charge in [-0.2, -0.15) is 0 Å². The van der Waals surface area contributed by atoms with Crippen LogP contribution in [0.1, 0.15) is 38.5 Å². The summed E-state index contributed by atoms with van der Waals surface area (Å²) in [6.07, 6.45) is 6.09. The third-order valence-electron chi connectivity index (χ3n) is 5.32. The highest BCUT2D eigenvalue weighted by Gasteiger charge is 2.66. The molecule has 0 aromatic rings. The topological polar surface area (TPSA) is 12.5 Å². The van der Waals surface area contributed by atoms with E-state index in [9.17, 15) is 4.39 Å². The average molecular weight is 196 g/mol. The second-order valence-electron chi connectivity index (χ2n) is 6.07. The van der Waals surface area contributed by atoms with E-state index in [1.165, 1.54) is 12.8 Å². The molecule has 0 aromatic heterocycles. The first-order chi connectivity index (χ1) is 6.70. The van der Waals surface area contributed by atoms with Gasteiger partial charge in [-0.25, -0.2) is 4.39 Å². The fraction of sp³-hybridized carbons (Fsp3) is 1.00. The quantitative estimate of drug-likeness (QED) is 0.543. The van der Waals surface area contributed by atoms with Gasteiger partial charge in [0, 0.05) is 0 Å². The van der Waals surface area contributed by atoms with Crippen molar-refractivity contribution in [3.8, 4) is 0 Å². The zero-order valence-corrected chi connectivity index (χ0v) is 8.47.